The van der Waals surface area contributed by atoms with Crippen LogP contribution in [-0.2, 0) is 0 Å². The smallest absolute Gasteiger partial charge is 0.0806 e. The molecule has 1 N–H and O–H groups in total. The summed E-state index contributed by atoms with van der Waals surface area (Å²) < 4.78 is 1.17. The lowest BCUT2D eigenvalue weighted by Crippen LogP contribution is -3.00. The monoisotopic (exact) mass is 385 g/mol. The maximum atomic E-state index is 9.04. The predicted octanol–water partition coefficient (Wildman–Crippen LogP) is 0.980. The summed E-state index contributed by atoms with van der Waals surface area (Å²) >= 11 is 0. The topological polar surface area (TPSA) is 20.2 Å². The van der Waals surface area contributed by atoms with Crippen molar-refractivity contribution >= 4 is 0 Å². The van der Waals surface area contributed by atoms with Gasteiger partial charge in [0, 0.05) is 13.0 Å². The van der Waals surface area contributed by atoms with Crippen molar-refractivity contribution in [1.29, 1.82) is 0 Å². The van der Waals surface area contributed by atoms with Gasteiger partial charge in [-0.25, -0.2) is 0 Å². The second kappa shape index (κ2) is 15.0. The minimum Gasteiger partial charge on any atom is -1.00 e. The molecule has 0 atom stereocenters. The summed E-state index contributed by atoms with van der Waals surface area (Å²) in [5.41, 5.74) is 0. The van der Waals surface area contributed by atoms with Crippen molar-refractivity contribution in [3.8, 4) is 0 Å². The van der Waals surface area contributed by atoms with Gasteiger partial charge in [0.2, 0.25) is 0 Å². The maximum absolute atomic E-state index is 9.04. The summed E-state index contributed by atoms with van der Waals surface area (Å²) in [4.78, 5) is 0. The van der Waals surface area contributed by atoms with Gasteiger partial charge in [-0.2, -0.15) is 0 Å². The molecule has 0 aromatic carbocycles. The molecule has 0 aliphatic rings. The fraction of sp³-hybridized carbons (Fsp3) is 1.00. The summed E-state index contributed by atoms with van der Waals surface area (Å²) in [5, 5.41) is 9.04. The van der Waals surface area contributed by atoms with Crippen LogP contribution in [0.3, 0.4) is 0 Å². The average Bonchev–Trinajstić information content (AvgIpc) is 2.38. The van der Waals surface area contributed by atoms with E-state index in [9.17, 15) is 0 Å². The Kier molecular flexibility index (Phi) is 17.4. The largest absolute Gasteiger partial charge is 1.00 e. The van der Waals surface area contributed by atoms with Crippen LogP contribution in [0.5, 0.6) is 0 Å². The first-order valence-electron chi connectivity index (χ1n) is 8.13. The molecule has 118 valence electrons. The number of hydrogen-bond donors (Lipinski definition) is 1. The summed E-state index contributed by atoms with van der Waals surface area (Å²) in [5.74, 6) is 0. The number of halogens is 1. The van der Waals surface area contributed by atoms with E-state index in [0.717, 1.165) is 13.0 Å². The van der Waals surface area contributed by atoms with Crippen LogP contribution in [0.25, 0.3) is 0 Å². The van der Waals surface area contributed by atoms with Gasteiger partial charge in [0.25, 0.3) is 0 Å². The van der Waals surface area contributed by atoms with Crippen molar-refractivity contribution in [2.45, 2.75) is 71.6 Å². The normalized spacial score (nSPS) is 11.4. The zero-order valence-electron chi connectivity index (χ0n) is 13.5. The predicted molar refractivity (Wildman–Crippen MR) is 80.8 cm³/mol. The average molecular weight is 385 g/mol. The first kappa shape index (κ1) is 21.9. The molecule has 0 amide bonds. The van der Waals surface area contributed by atoms with Gasteiger partial charge in [-0.15, -0.1) is 0 Å². The Hall–Kier alpha value is 0.650. The van der Waals surface area contributed by atoms with Crippen LogP contribution in [0, 0.1) is 0 Å². The molecular formula is C16H36INO. The quantitative estimate of drug-likeness (QED) is 0.285. The van der Waals surface area contributed by atoms with Crippen LogP contribution < -0.4 is 24.0 Å². The minimum atomic E-state index is 0. The third-order valence-electron chi connectivity index (χ3n) is 3.96. The second-order valence-electron chi connectivity index (χ2n) is 5.99. The molecule has 0 saturated heterocycles. The summed E-state index contributed by atoms with van der Waals surface area (Å²) in [6.07, 6.45) is 11.8. The van der Waals surface area contributed by atoms with Crippen molar-refractivity contribution in [2.75, 3.05) is 33.3 Å². The van der Waals surface area contributed by atoms with Crippen LogP contribution in [0.2, 0.25) is 0 Å². The van der Waals surface area contributed by atoms with Crippen LogP contribution in [-0.4, -0.2) is 42.9 Å². The number of nitrogens with zero attached hydrogens (tertiary/aromatic N) is 1. The fourth-order valence-electron chi connectivity index (χ4n) is 2.63. The van der Waals surface area contributed by atoms with Crippen LogP contribution in [0.1, 0.15) is 71.6 Å². The van der Waals surface area contributed by atoms with E-state index in [1.54, 1.807) is 0 Å². The Labute approximate surface area is 138 Å². The number of aliphatic hydroxyl groups is 1. The number of rotatable bonds is 13. The molecule has 0 rings (SSSR count). The van der Waals surface area contributed by atoms with Gasteiger partial charge >= 0.3 is 0 Å². The van der Waals surface area contributed by atoms with E-state index in [1.807, 2.05) is 0 Å². The highest BCUT2D eigenvalue weighted by molar-refractivity contribution is 4.47. The van der Waals surface area contributed by atoms with Gasteiger partial charge in [0.1, 0.15) is 0 Å². The summed E-state index contributed by atoms with van der Waals surface area (Å²) in [7, 11) is 2.38. The summed E-state index contributed by atoms with van der Waals surface area (Å²) in [6, 6.07) is 0. The molecular weight excluding hydrogens is 349 g/mol. The van der Waals surface area contributed by atoms with E-state index >= 15 is 0 Å². The molecule has 3 heteroatoms. The SMILES string of the molecule is CCCCCC[N+](C)(CCCO)CCCCCC.[I-]. The van der Waals surface area contributed by atoms with Crippen molar-refractivity contribution in [1.82, 2.24) is 0 Å². The molecule has 19 heavy (non-hydrogen) atoms. The number of unbranched alkanes of at least 4 members (excludes halogenated alkanes) is 6. The molecule has 0 saturated carbocycles. The van der Waals surface area contributed by atoms with Crippen molar-refractivity contribution in [2.24, 2.45) is 0 Å². The zero-order chi connectivity index (χ0) is 13.7. The van der Waals surface area contributed by atoms with E-state index in [2.05, 4.69) is 20.9 Å². The Morgan fingerprint density at radius 3 is 1.47 bits per heavy atom. The molecule has 0 heterocycles. The van der Waals surface area contributed by atoms with E-state index in [-0.39, 0.29) is 24.0 Å². The third-order valence-corrected chi connectivity index (χ3v) is 3.96. The second-order valence-corrected chi connectivity index (χ2v) is 5.99. The molecule has 0 fully saturated rings. The van der Waals surface area contributed by atoms with Gasteiger partial charge in [-0.05, 0) is 25.7 Å². The van der Waals surface area contributed by atoms with Gasteiger partial charge < -0.3 is 33.6 Å². The zero-order valence-corrected chi connectivity index (χ0v) is 15.6. The molecule has 2 nitrogen and oxygen atoms in total. The molecule has 0 spiro atoms. The first-order chi connectivity index (χ1) is 8.68. The Morgan fingerprint density at radius 2 is 1.11 bits per heavy atom. The molecule has 0 aliphatic carbocycles. The number of quaternary nitrogens is 1. The lowest BCUT2D eigenvalue weighted by atomic mass is 10.1. The van der Waals surface area contributed by atoms with Crippen molar-refractivity contribution in [3.05, 3.63) is 0 Å². The molecule has 0 radical (unpaired) electrons. The van der Waals surface area contributed by atoms with Gasteiger partial charge in [-0.3, -0.25) is 0 Å². The molecule has 0 unspecified atom stereocenters. The van der Waals surface area contributed by atoms with Crippen molar-refractivity contribution in [3.63, 3.8) is 0 Å². The Balaban J connectivity index is 0. The molecule has 0 aromatic rings. The van der Waals surface area contributed by atoms with Gasteiger partial charge in [0.05, 0.1) is 26.7 Å². The van der Waals surface area contributed by atoms with E-state index in [4.69, 9.17) is 5.11 Å². The highest BCUT2D eigenvalue weighted by Gasteiger charge is 2.19. The van der Waals surface area contributed by atoms with E-state index in [1.165, 1.54) is 68.9 Å². The van der Waals surface area contributed by atoms with Gasteiger partial charge in [0.15, 0.2) is 0 Å². The molecule has 0 bridgehead atoms. The van der Waals surface area contributed by atoms with Crippen LogP contribution in [0.4, 0.5) is 0 Å². The third kappa shape index (κ3) is 13.4. The number of hydrogen-bond acceptors (Lipinski definition) is 1. The number of aliphatic hydroxyl groups excluding tert-OH is 1. The van der Waals surface area contributed by atoms with E-state index in [0.29, 0.717) is 6.61 Å². The Morgan fingerprint density at radius 1 is 0.684 bits per heavy atom. The lowest BCUT2D eigenvalue weighted by molar-refractivity contribution is -0.910. The van der Waals surface area contributed by atoms with Crippen LogP contribution >= 0.6 is 0 Å². The highest BCUT2D eigenvalue weighted by Crippen LogP contribution is 2.12. The minimum absolute atomic E-state index is 0. The van der Waals surface area contributed by atoms with Crippen molar-refractivity contribution < 1.29 is 33.6 Å². The summed E-state index contributed by atoms with van der Waals surface area (Å²) in [6.45, 7) is 8.62. The lowest BCUT2D eigenvalue weighted by Gasteiger charge is -2.35. The van der Waals surface area contributed by atoms with Crippen LogP contribution in [0.15, 0.2) is 0 Å². The maximum Gasteiger partial charge on any atom is 0.0806 e. The Bertz CT molecular complexity index is 164. The standard InChI is InChI=1S/C16H36NO.HI/c1-4-6-8-10-13-17(3,15-12-16-18)14-11-9-7-5-2;/h18H,4-16H2,1-3H3;1H/q+1;/p-1. The molecule has 0 aromatic heterocycles. The first-order valence-corrected chi connectivity index (χ1v) is 8.13. The fourth-order valence-corrected chi connectivity index (χ4v) is 2.63. The highest BCUT2D eigenvalue weighted by atomic mass is 127. The molecule has 0 aliphatic heterocycles. The van der Waals surface area contributed by atoms with E-state index < -0.39 is 0 Å². The van der Waals surface area contributed by atoms with Gasteiger partial charge in [-0.1, -0.05) is 39.5 Å².